The summed E-state index contributed by atoms with van der Waals surface area (Å²) in [5.74, 6) is 0.872. The van der Waals surface area contributed by atoms with E-state index in [1.807, 2.05) is 11.8 Å². The number of nitrogens with one attached hydrogen (secondary N) is 1. The molecule has 0 aliphatic carbocycles. The lowest BCUT2D eigenvalue weighted by atomic mass is 10.1. The Morgan fingerprint density at radius 2 is 1.80 bits per heavy atom. The molecule has 1 aliphatic rings. The van der Waals surface area contributed by atoms with Crippen LogP contribution in [0.4, 0.5) is 0 Å². The quantitative estimate of drug-likeness (QED) is 0.768. The summed E-state index contributed by atoms with van der Waals surface area (Å²) in [5, 5.41) is 3.29. The number of hydrogen-bond donors (Lipinski definition) is 1. The van der Waals surface area contributed by atoms with E-state index in [1.165, 1.54) is 19.3 Å². The monoisotopic (exact) mass is 212 g/mol. The molecule has 15 heavy (non-hydrogen) atoms. The van der Waals surface area contributed by atoms with Crippen LogP contribution in [0.3, 0.4) is 0 Å². The second-order valence-corrected chi connectivity index (χ2v) is 4.91. The maximum absolute atomic E-state index is 12.0. The summed E-state index contributed by atoms with van der Waals surface area (Å²) in [6.07, 6.45) is 3.61. The second-order valence-electron chi connectivity index (χ2n) is 4.91. The highest BCUT2D eigenvalue weighted by Gasteiger charge is 2.21. The van der Waals surface area contributed by atoms with E-state index in [1.54, 1.807) is 0 Å². The zero-order valence-electron chi connectivity index (χ0n) is 10.3. The van der Waals surface area contributed by atoms with Crippen LogP contribution in [0.1, 0.15) is 40.0 Å². The Bertz CT molecular complexity index is 198. The third-order valence-electron chi connectivity index (χ3n) is 2.87. The van der Waals surface area contributed by atoms with Gasteiger partial charge in [-0.1, -0.05) is 13.8 Å². The Morgan fingerprint density at radius 3 is 2.33 bits per heavy atom. The van der Waals surface area contributed by atoms with Crippen molar-refractivity contribution < 1.29 is 4.79 Å². The Morgan fingerprint density at radius 1 is 1.20 bits per heavy atom. The van der Waals surface area contributed by atoms with Crippen LogP contribution >= 0.6 is 0 Å². The smallest absolute Gasteiger partial charge is 0.239 e. The molecule has 1 unspecified atom stereocenters. The lowest BCUT2D eigenvalue weighted by Crippen LogP contribution is -2.47. The summed E-state index contributed by atoms with van der Waals surface area (Å²) >= 11 is 0. The number of nitrogens with zero attached hydrogens (tertiary/aromatic N) is 1. The minimum absolute atomic E-state index is 0.0227. The molecule has 1 N–H and O–H groups in total. The fraction of sp³-hybridized carbons (Fsp3) is 0.917. The van der Waals surface area contributed by atoms with Gasteiger partial charge in [0.05, 0.1) is 6.04 Å². The molecule has 88 valence electrons. The van der Waals surface area contributed by atoms with Crippen LogP contribution < -0.4 is 5.32 Å². The van der Waals surface area contributed by atoms with E-state index in [-0.39, 0.29) is 11.9 Å². The Labute approximate surface area is 93.2 Å². The number of rotatable bonds is 4. The van der Waals surface area contributed by atoms with Crippen LogP contribution in [0, 0.1) is 5.92 Å². The summed E-state index contributed by atoms with van der Waals surface area (Å²) in [5.41, 5.74) is 0. The standard InChI is InChI=1S/C12H24N2O/c1-10(2)9-13-11(3)12(15)14-7-5-4-6-8-14/h10-11,13H,4-9H2,1-3H3. The summed E-state index contributed by atoms with van der Waals surface area (Å²) in [6, 6.07) is -0.0227. The van der Waals surface area contributed by atoms with Gasteiger partial charge in [-0.2, -0.15) is 0 Å². The predicted molar refractivity (Wildman–Crippen MR) is 62.7 cm³/mol. The molecule has 1 atom stereocenters. The van der Waals surface area contributed by atoms with Crippen molar-refractivity contribution in [3.63, 3.8) is 0 Å². The van der Waals surface area contributed by atoms with Crippen LogP contribution in [0.15, 0.2) is 0 Å². The molecule has 0 spiro atoms. The predicted octanol–water partition coefficient (Wildman–Crippen LogP) is 1.63. The first kappa shape index (κ1) is 12.5. The lowest BCUT2D eigenvalue weighted by molar-refractivity contribution is -0.133. The topological polar surface area (TPSA) is 32.3 Å². The zero-order valence-corrected chi connectivity index (χ0v) is 10.3. The minimum atomic E-state index is -0.0227. The fourth-order valence-electron chi connectivity index (χ4n) is 1.89. The number of carbonyl (C=O) groups excluding carboxylic acids is 1. The second kappa shape index (κ2) is 6.11. The van der Waals surface area contributed by atoms with E-state index < -0.39 is 0 Å². The average molecular weight is 212 g/mol. The van der Waals surface area contributed by atoms with E-state index >= 15 is 0 Å². The van der Waals surface area contributed by atoms with Gasteiger partial charge in [-0.3, -0.25) is 4.79 Å². The maximum atomic E-state index is 12.0. The van der Waals surface area contributed by atoms with Crippen LogP contribution in [-0.4, -0.2) is 36.5 Å². The number of amides is 1. The summed E-state index contributed by atoms with van der Waals surface area (Å²) in [7, 11) is 0. The van der Waals surface area contributed by atoms with Crippen LogP contribution in [-0.2, 0) is 4.79 Å². The van der Waals surface area contributed by atoms with Crippen LogP contribution in [0.5, 0.6) is 0 Å². The SMILES string of the molecule is CC(C)CNC(C)C(=O)N1CCCCC1. The first-order chi connectivity index (χ1) is 7.11. The third-order valence-corrected chi connectivity index (χ3v) is 2.87. The molecule has 1 heterocycles. The average Bonchev–Trinajstić information content (AvgIpc) is 2.26. The van der Waals surface area contributed by atoms with Gasteiger partial charge >= 0.3 is 0 Å². The molecule has 1 amide bonds. The number of carbonyl (C=O) groups is 1. The fourth-order valence-corrected chi connectivity index (χ4v) is 1.89. The van der Waals surface area contributed by atoms with Crippen molar-refractivity contribution in [2.75, 3.05) is 19.6 Å². The van der Waals surface area contributed by atoms with Crippen LogP contribution in [0.2, 0.25) is 0 Å². The van der Waals surface area contributed by atoms with Gasteiger partial charge in [0.1, 0.15) is 0 Å². The van der Waals surface area contributed by atoms with Gasteiger partial charge in [-0.05, 0) is 38.6 Å². The Hall–Kier alpha value is -0.570. The van der Waals surface area contributed by atoms with Gasteiger partial charge < -0.3 is 10.2 Å². The van der Waals surface area contributed by atoms with Gasteiger partial charge in [0.2, 0.25) is 5.91 Å². The van der Waals surface area contributed by atoms with E-state index in [0.717, 1.165) is 19.6 Å². The van der Waals surface area contributed by atoms with Crippen molar-refractivity contribution in [3.8, 4) is 0 Å². The summed E-state index contributed by atoms with van der Waals surface area (Å²) < 4.78 is 0. The molecule has 1 fully saturated rings. The molecule has 0 radical (unpaired) electrons. The molecule has 0 aromatic heterocycles. The molecule has 1 saturated heterocycles. The highest BCUT2D eigenvalue weighted by Crippen LogP contribution is 2.09. The van der Waals surface area contributed by atoms with Crippen molar-refractivity contribution in [3.05, 3.63) is 0 Å². The van der Waals surface area contributed by atoms with E-state index in [2.05, 4.69) is 19.2 Å². The van der Waals surface area contributed by atoms with Crippen molar-refractivity contribution in [1.82, 2.24) is 10.2 Å². The molecule has 0 bridgehead atoms. The molecule has 3 nitrogen and oxygen atoms in total. The molecule has 0 aromatic rings. The molecule has 1 rings (SSSR count). The molecular weight excluding hydrogens is 188 g/mol. The van der Waals surface area contributed by atoms with Crippen molar-refractivity contribution in [1.29, 1.82) is 0 Å². The zero-order chi connectivity index (χ0) is 11.3. The Kier molecular flexibility index (Phi) is 5.09. The largest absolute Gasteiger partial charge is 0.341 e. The van der Waals surface area contributed by atoms with E-state index in [4.69, 9.17) is 0 Å². The normalized spacial score (nSPS) is 19.3. The van der Waals surface area contributed by atoms with E-state index in [0.29, 0.717) is 5.92 Å². The molecule has 3 heteroatoms. The van der Waals surface area contributed by atoms with Gasteiger partial charge in [-0.25, -0.2) is 0 Å². The minimum Gasteiger partial charge on any atom is -0.341 e. The van der Waals surface area contributed by atoms with Crippen molar-refractivity contribution in [2.45, 2.75) is 46.1 Å². The van der Waals surface area contributed by atoms with Gasteiger partial charge in [0, 0.05) is 13.1 Å². The number of hydrogen-bond acceptors (Lipinski definition) is 2. The number of likely N-dealkylation sites (tertiary alicyclic amines) is 1. The summed E-state index contributed by atoms with van der Waals surface area (Å²) in [6.45, 7) is 9.11. The first-order valence-corrected chi connectivity index (χ1v) is 6.13. The third kappa shape index (κ3) is 4.20. The number of piperidine rings is 1. The van der Waals surface area contributed by atoms with Crippen molar-refractivity contribution in [2.24, 2.45) is 5.92 Å². The molecular formula is C12H24N2O. The highest BCUT2D eigenvalue weighted by molar-refractivity contribution is 5.81. The molecule has 0 aromatic carbocycles. The van der Waals surface area contributed by atoms with E-state index in [9.17, 15) is 4.79 Å². The summed E-state index contributed by atoms with van der Waals surface area (Å²) in [4.78, 5) is 14.0. The van der Waals surface area contributed by atoms with Gasteiger partial charge in [0.15, 0.2) is 0 Å². The Balaban J connectivity index is 2.30. The highest BCUT2D eigenvalue weighted by atomic mass is 16.2. The van der Waals surface area contributed by atoms with Crippen molar-refractivity contribution >= 4 is 5.91 Å². The first-order valence-electron chi connectivity index (χ1n) is 6.13. The van der Waals surface area contributed by atoms with Gasteiger partial charge in [-0.15, -0.1) is 0 Å². The van der Waals surface area contributed by atoms with Crippen LogP contribution in [0.25, 0.3) is 0 Å². The lowest BCUT2D eigenvalue weighted by Gasteiger charge is -2.29. The molecule has 1 aliphatic heterocycles. The maximum Gasteiger partial charge on any atom is 0.239 e. The van der Waals surface area contributed by atoms with Gasteiger partial charge in [0.25, 0.3) is 0 Å². The molecule has 0 saturated carbocycles.